The number of anilines is 2. The molecule has 190 valence electrons. The van der Waals surface area contributed by atoms with Gasteiger partial charge in [0.2, 0.25) is 5.95 Å². The molecular weight excluding hydrogens is 552 g/mol. The molecule has 0 atom stereocenters. The van der Waals surface area contributed by atoms with Crippen molar-refractivity contribution in [3.05, 3.63) is 98.7 Å². The zero-order valence-electron chi connectivity index (χ0n) is 20.1. The summed E-state index contributed by atoms with van der Waals surface area (Å²) < 4.78 is 11.9. The molecule has 10 nitrogen and oxygen atoms in total. The monoisotopic (exact) mass is 572 g/mol. The maximum atomic E-state index is 12.4. The summed E-state index contributed by atoms with van der Waals surface area (Å²) in [5, 5.41) is 16.3. The number of methoxy groups -OCH3 is 1. The number of amides is 1. The van der Waals surface area contributed by atoms with Gasteiger partial charge in [0.25, 0.3) is 11.5 Å². The number of hydrogen-bond donors (Lipinski definition) is 3. The lowest BCUT2D eigenvalue weighted by atomic mass is 10.1. The van der Waals surface area contributed by atoms with Gasteiger partial charge in [0.1, 0.15) is 11.6 Å². The molecule has 3 N–H and O–H groups in total. The number of nitrogens with zero attached hydrogens (tertiary/aromatic N) is 3. The van der Waals surface area contributed by atoms with Crippen LogP contribution in [0.15, 0.2) is 87.2 Å². The second kappa shape index (κ2) is 12.3. The lowest BCUT2D eigenvalue weighted by molar-refractivity contribution is -0.118. The maximum absolute atomic E-state index is 12.4. The molecule has 0 spiro atoms. The summed E-state index contributed by atoms with van der Waals surface area (Å²) in [4.78, 5) is 31.4. The summed E-state index contributed by atoms with van der Waals surface area (Å²) in [6.07, 6.45) is 1.49. The number of hydrogen-bond acceptors (Lipinski definition) is 8. The van der Waals surface area contributed by atoms with E-state index in [1.165, 1.54) is 13.3 Å². The molecule has 4 aromatic rings. The number of halogens is 1. The highest BCUT2D eigenvalue weighted by Gasteiger charge is 2.13. The van der Waals surface area contributed by atoms with Gasteiger partial charge in [-0.3, -0.25) is 14.6 Å². The number of H-pyrrole nitrogens is 1. The van der Waals surface area contributed by atoms with Gasteiger partial charge in [-0.25, -0.2) is 10.4 Å². The highest BCUT2D eigenvalue weighted by Crippen LogP contribution is 2.27. The van der Waals surface area contributed by atoms with E-state index < -0.39 is 5.56 Å². The van der Waals surface area contributed by atoms with Crippen molar-refractivity contribution in [1.29, 1.82) is 5.26 Å². The van der Waals surface area contributed by atoms with Crippen LogP contribution in [-0.2, 0) is 4.79 Å². The third-order valence-corrected chi connectivity index (χ3v) is 5.67. The molecule has 0 bridgehead atoms. The van der Waals surface area contributed by atoms with Crippen LogP contribution >= 0.6 is 15.9 Å². The van der Waals surface area contributed by atoms with Gasteiger partial charge in [-0.1, -0.05) is 46.3 Å². The number of ether oxygens (including phenoxy) is 2. The minimum Gasteiger partial charge on any atom is -0.493 e. The lowest BCUT2D eigenvalue weighted by Gasteiger charge is -2.11. The second-order valence-corrected chi connectivity index (χ2v) is 8.66. The maximum Gasteiger partial charge on any atom is 0.270 e. The smallest absolute Gasteiger partial charge is 0.270 e. The molecule has 1 heterocycles. The van der Waals surface area contributed by atoms with Gasteiger partial charge >= 0.3 is 0 Å². The first-order valence-electron chi connectivity index (χ1n) is 11.2. The SMILES string of the molecule is COc1cc(C=NNc2nc(-c3ccccc3)c(C#N)c(=O)[nH]2)ccc1OCC(=O)Nc1ccc(Br)cc1. The summed E-state index contributed by atoms with van der Waals surface area (Å²) in [6, 6.07) is 23.1. The van der Waals surface area contributed by atoms with Crippen LogP contribution in [0, 0.1) is 11.3 Å². The molecule has 0 saturated carbocycles. The average Bonchev–Trinajstić information content (AvgIpc) is 2.93. The fourth-order valence-electron chi connectivity index (χ4n) is 3.36. The number of hydrazone groups is 1. The van der Waals surface area contributed by atoms with Crippen LogP contribution in [0.3, 0.4) is 0 Å². The number of nitriles is 1. The molecule has 0 aliphatic rings. The highest BCUT2D eigenvalue weighted by molar-refractivity contribution is 9.10. The van der Waals surface area contributed by atoms with Crippen LogP contribution in [0.5, 0.6) is 11.5 Å². The number of carbonyl (C=O) groups excluding carboxylic acids is 1. The van der Waals surface area contributed by atoms with Crippen molar-refractivity contribution in [2.75, 3.05) is 24.5 Å². The number of benzene rings is 3. The molecule has 4 rings (SSSR count). The van der Waals surface area contributed by atoms with Crippen molar-refractivity contribution < 1.29 is 14.3 Å². The lowest BCUT2D eigenvalue weighted by Crippen LogP contribution is -2.20. The van der Waals surface area contributed by atoms with E-state index in [1.54, 1.807) is 54.6 Å². The van der Waals surface area contributed by atoms with E-state index in [9.17, 15) is 14.9 Å². The van der Waals surface area contributed by atoms with E-state index in [4.69, 9.17) is 9.47 Å². The predicted octanol–water partition coefficient (Wildman–Crippen LogP) is 4.54. The Labute approximate surface area is 226 Å². The van der Waals surface area contributed by atoms with Gasteiger partial charge in [0, 0.05) is 15.7 Å². The third kappa shape index (κ3) is 6.63. The van der Waals surface area contributed by atoms with Gasteiger partial charge in [0.15, 0.2) is 18.1 Å². The second-order valence-electron chi connectivity index (χ2n) is 7.74. The van der Waals surface area contributed by atoms with Crippen molar-refractivity contribution in [1.82, 2.24) is 9.97 Å². The Morgan fingerprint density at radius 3 is 2.61 bits per heavy atom. The molecule has 0 aliphatic carbocycles. The molecule has 38 heavy (non-hydrogen) atoms. The topological polar surface area (TPSA) is 141 Å². The van der Waals surface area contributed by atoms with E-state index in [1.807, 2.05) is 24.3 Å². The standard InChI is InChI=1S/C27H21BrN6O4/c1-37-23-13-17(7-12-22(23)38-16-24(35)31-20-10-8-19(28)9-11-20)15-30-34-27-32-25(18-5-3-2-4-6-18)21(14-29)26(36)33-27/h2-13,15H,16H2,1H3,(H,31,35)(H2,32,33,34,36). The number of carbonyl (C=O) groups is 1. The summed E-state index contributed by atoms with van der Waals surface area (Å²) in [5.74, 6) is 0.548. The van der Waals surface area contributed by atoms with Crippen molar-refractivity contribution in [2.24, 2.45) is 5.10 Å². The van der Waals surface area contributed by atoms with Crippen LogP contribution in [0.25, 0.3) is 11.3 Å². The van der Waals surface area contributed by atoms with E-state index in [0.29, 0.717) is 28.3 Å². The summed E-state index contributed by atoms with van der Waals surface area (Å²) in [7, 11) is 1.49. The Balaban J connectivity index is 1.42. The first kappa shape index (κ1) is 26.1. The van der Waals surface area contributed by atoms with Gasteiger partial charge in [0.05, 0.1) is 19.0 Å². The Bertz CT molecular complexity index is 1560. The van der Waals surface area contributed by atoms with Crippen molar-refractivity contribution in [2.45, 2.75) is 0 Å². The molecular formula is C27H21BrN6O4. The molecule has 0 aliphatic heterocycles. The molecule has 0 radical (unpaired) electrons. The third-order valence-electron chi connectivity index (χ3n) is 5.14. The van der Waals surface area contributed by atoms with Gasteiger partial charge in [-0.05, 0) is 48.0 Å². The van der Waals surface area contributed by atoms with E-state index >= 15 is 0 Å². The largest absolute Gasteiger partial charge is 0.493 e. The number of aromatic amines is 1. The van der Waals surface area contributed by atoms with Gasteiger partial charge in [-0.15, -0.1) is 0 Å². The minimum absolute atomic E-state index is 0.0767. The van der Waals surface area contributed by atoms with E-state index in [-0.39, 0.29) is 29.7 Å². The van der Waals surface area contributed by atoms with E-state index in [0.717, 1.165) is 4.47 Å². The summed E-state index contributed by atoms with van der Waals surface area (Å²) >= 11 is 3.35. The van der Waals surface area contributed by atoms with Crippen molar-refractivity contribution >= 4 is 39.7 Å². The predicted molar refractivity (Wildman–Crippen MR) is 147 cm³/mol. The van der Waals surface area contributed by atoms with Crippen molar-refractivity contribution in [3.8, 4) is 28.8 Å². The molecule has 3 aromatic carbocycles. The minimum atomic E-state index is -0.577. The molecule has 0 saturated heterocycles. The zero-order chi connectivity index (χ0) is 26.9. The molecule has 0 fully saturated rings. The number of rotatable bonds is 9. The van der Waals surface area contributed by atoms with Gasteiger partial charge in [-0.2, -0.15) is 10.4 Å². The number of aromatic nitrogens is 2. The zero-order valence-corrected chi connectivity index (χ0v) is 21.7. The Morgan fingerprint density at radius 2 is 1.89 bits per heavy atom. The van der Waals surface area contributed by atoms with Crippen LogP contribution in [0.2, 0.25) is 0 Å². The van der Waals surface area contributed by atoms with E-state index in [2.05, 4.69) is 41.7 Å². The molecule has 1 amide bonds. The van der Waals surface area contributed by atoms with Crippen molar-refractivity contribution in [3.63, 3.8) is 0 Å². The quantitative estimate of drug-likeness (QED) is 0.197. The Hall–Kier alpha value is -4.95. The summed E-state index contributed by atoms with van der Waals surface area (Å²) in [5.41, 5.74) is 4.21. The fraction of sp³-hybridized carbons (Fsp3) is 0.0741. The highest BCUT2D eigenvalue weighted by atomic mass is 79.9. The fourth-order valence-corrected chi connectivity index (χ4v) is 3.62. The Kier molecular flexibility index (Phi) is 8.48. The summed E-state index contributed by atoms with van der Waals surface area (Å²) in [6.45, 7) is -0.205. The average molecular weight is 573 g/mol. The van der Waals surface area contributed by atoms with Crippen LogP contribution < -0.4 is 25.8 Å². The number of nitrogens with one attached hydrogen (secondary N) is 3. The molecule has 0 unspecified atom stereocenters. The first-order chi connectivity index (χ1) is 18.5. The van der Waals surface area contributed by atoms with Crippen LogP contribution in [0.1, 0.15) is 11.1 Å². The normalized spacial score (nSPS) is 10.6. The Morgan fingerprint density at radius 1 is 1.13 bits per heavy atom. The molecule has 11 heteroatoms. The van der Waals surface area contributed by atoms with Gasteiger partial charge < -0.3 is 14.8 Å². The van der Waals surface area contributed by atoms with Crippen LogP contribution in [0.4, 0.5) is 11.6 Å². The van der Waals surface area contributed by atoms with Crippen LogP contribution in [-0.4, -0.2) is 35.8 Å². The molecule has 1 aromatic heterocycles. The first-order valence-corrected chi connectivity index (χ1v) is 12.0.